The van der Waals surface area contributed by atoms with Crippen LogP contribution in [-0.4, -0.2) is 29.3 Å². The molecule has 0 unspecified atom stereocenters. The van der Waals surface area contributed by atoms with E-state index in [0.717, 1.165) is 26.5 Å². The summed E-state index contributed by atoms with van der Waals surface area (Å²) in [5.41, 5.74) is 3.38. The molecule has 38 heavy (non-hydrogen) atoms. The zero-order valence-corrected chi connectivity index (χ0v) is 22.9. The summed E-state index contributed by atoms with van der Waals surface area (Å²) in [6.45, 7) is 5.75. The number of esters is 2. The fraction of sp³-hybridized carbons (Fsp3) is 0.267. The Kier molecular flexibility index (Phi) is 7.17. The van der Waals surface area contributed by atoms with Crippen LogP contribution >= 0.6 is 15.9 Å². The Morgan fingerprint density at radius 2 is 1.66 bits per heavy atom. The molecule has 1 aliphatic heterocycles. The summed E-state index contributed by atoms with van der Waals surface area (Å²) in [6, 6.07) is 21.1. The van der Waals surface area contributed by atoms with Gasteiger partial charge in [-0.2, -0.15) is 0 Å². The van der Waals surface area contributed by atoms with Crippen LogP contribution < -0.4 is 9.47 Å². The predicted molar refractivity (Wildman–Crippen MR) is 146 cm³/mol. The first kappa shape index (κ1) is 25.9. The van der Waals surface area contributed by atoms with Crippen molar-refractivity contribution in [2.75, 3.05) is 6.61 Å². The Balaban J connectivity index is 1.56. The Bertz CT molecular complexity index is 1460. The van der Waals surface area contributed by atoms with Crippen molar-refractivity contribution in [2.45, 2.75) is 39.1 Å². The van der Waals surface area contributed by atoms with Gasteiger partial charge in [-0.3, -0.25) is 9.59 Å². The second-order valence-corrected chi connectivity index (χ2v) is 10.5. The summed E-state index contributed by atoms with van der Waals surface area (Å²) in [6.07, 6.45) is 1.83. The van der Waals surface area contributed by atoms with Crippen LogP contribution in [0.25, 0.3) is 10.9 Å². The van der Waals surface area contributed by atoms with Gasteiger partial charge in [0.15, 0.2) is 17.4 Å². The van der Waals surface area contributed by atoms with E-state index >= 15 is 0 Å². The molecule has 5 rings (SSSR count). The van der Waals surface area contributed by atoms with Crippen LogP contribution in [0.1, 0.15) is 43.4 Å². The van der Waals surface area contributed by atoms with Crippen LogP contribution in [-0.2, 0) is 25.7 Å². The maximum atomic E-state index is 13.2. The highest BCUT2D eigenvalue weighted by atomic mass is 79.9. The molecule has 0 radical (unpaired) electrons. The summed E-state index contributed by atoms with van der Waals surface area (Å²) >= 11 is 3.44. The number of benzene rings is 3. The van der Waals surface area contributed by atoms with Gasteiger partial charge in [0, 0.05) is 41.3 Å². The van der Waals surface area contributed by atoms with Crippen LogP contribution in [0.2, 0.25) is 0 Å². The largest absolute Gasteiger partial charge is 0.490 e. The van der Waals surface area contributed by atoms with Crippen molar-refractivity contribution >= 4 is 38.8 Å². The number of halogens is 1. The summed E-state index contributed by atoms with van der Waals surface area (Å²) in [5.74, 6) is -3.37. The van der Waals surface area contributed by atoms with Crippen LogP contribution in [0, 0.1) is 5.92 Å². The Morgan fingerprint density at radius 1 is 0.947 bits per heavy atom. The van der Waals surface area contributed by atoms with Crippen molar-refractivity contribution in [3.8, 4) is 11.5 Å². The van der Waals surface area contributed by atoms with E-state index < -0.39 is 29.6 Å². The Labute approximate surface area is 229 Å². The van der Waals surface area contributed by atoms with E-state index in [9.17, 15) is 9.59 Å². The third kappa shape index (κ3) is 5.27. The fourth-order valence-corrected chi connectivity index (χ4v) is 5.02. The molecule has 1 aliphatic rings. The lowest BCUT2D eigenvalue weighted by molar-refractivity contribution is -0.240. The third-order valence-corrected chi connectivity index (χ3v) is 6.95. The minimum absolute atomic E-state index is 0.356. The van der Waals surface area contributed by atoms with Crippen LogP contribution in [0.15, 0.2) is 77.4 Å². The van der Waals surface area contributed by atoms with E-state index in [1.54, 1.807) is 13.8 Å². The third-order valence-electron chi connectivity index (χ3n) is 6.42. The molecule has 0 aliphatic carbocycles. The van der Waals surface area contributed by atoms with Gasteiger partial charge in [-0.05, 0) is 53.9 Å². The second kappa shape index (κ2) is 10.5. The number of rotatable bonds is 8. The van der Waals surface area contributed by atoms with E-state index in [-0.39, 0.29) is 0 Å². The van der Waals surface area contributed by atoms with Gasteiger partial charge >= 0.3 is 11.9 Å². The minimum Gasteiger partial charge on any atom is -0.490 e. The Hall–Kier alpha value is -3.78. The SMILES string of the molecule is CCOc1cc([C@@H](c2c[nH]c3ccccc23)C2C(=O)OC(C)(C)OC2=O)ccc1OCc1ccc(Br)cc1. The highest BCUT2D eigenvalue weighted by molar-refractivity contribution is 9.10. The number of nitrogens with one attached hydrogen (secondary N) is 1. The molecule has 2 heterocycles. The van der Waals surface area contributed by atoms with Crippen LogP contribution in [0.4, 0.5) is 0 Å². The molecule has 196 valence electrons. The van der Waals surface area contributed by atoms with Crippen molar-refractivity contribution in [1.82, 2.24) is 4.98 Å². The molecule has 1 fully saturated rings. The van der Waals surface area contributed by atoms with Crippen LogP contribution in [0.5, 0.6) is 11.5 Å². The molecule has 1 aromatic heterocycles. The monoisotopic (exact) mass is 577 g/mol. The molecule has 1 saturated heterocycles. The maximum Gasteiger partial charge on any atom is 0.324 e. The van der Waals surface area contributed by atoms with Gasteiger partial charge in [0.1, 0.15) is 6.61 Å². The van der Waals surface area contributed by atoms with E-state index in [4.69, 9.17) is 18.9 Å². The highest BCUT2D eigenvalue weighted by Crippen LogP contribution is 2.43. The van der Waals surface area contributed by atoms with Crippen molar-refractivity contribution in [3.63, 3.8) is 0 Å². The lowest BCUT2D eigenvalue weighted by Gasteiger charge is -2.36. The van der Waals surface area contributed by atoms with Gasteiger partial charge in [-0.25, -0.2) is 0 Å². The topological polar surface area (TPSA) is 86.9 Å². The number of aromatic amines is 1. The molecule has 4 aromatic rings. The molecule has 7 nitrogen and oxygen atoms in total. The highest BCUT2D eigenvalue weighted by Gasteiger charge is 2.48. The molecule has 8 heteroatoms. The molecule has 1 N–H and O–H groups in total. The van der Waals surface area contributed by atoms with E-state index in [2.05, 4.69) is 20.9 Å². The predicted octanol–water partition coefficient (Wildman–Crippen LogP) is 6.49. The molecular formula is C30H28BrNO6. The lowest BCUT2D eigenvalue weighted by Crippen LogP contribution is -2.48. The molecule has 0 saturated carbocycles. The lowest BCUT2D eigenvalue weighted by atomic mass is 9.80. The van der Waals surface area contributed by atoms with Crippen molar-refractivity contribution in [3.05, 3.63) is 94.1 Å². The number of ether oxygens (including phenoxy) is 4. The number of hydrogen-bond acceptors (Lipinski definition) is 6. The Morgan fingerprint density at radius 3 is 2.37 bits per heavy atom. The molecular weight excluding hydrogens is 550 g/mol. The zero-order valence-electron chi connectivity index (χ0n) is 21.3. The zero-order chi connectivity index (χ0) is 26.9. The van der Waals surface area contributed by atoms with Gasteiger partial charge in [0.05, 0.1) is 6.61 Å². The first-order chi connectivity index (χ1) is 18.3. The smallest absolute Gasteiger partial charge is 0.324 e. The summed E-state index contributed by atoms with van der Waals surface area (Å²) in [7, 11) is 0. The van der Waals surface area contributed by atoms with Gasteiger partial charge in [-0.15, -0.1) is 0 Å². The molecule has 1 atom stereocenters. The quantitative estimate of drug-likeness (QED) is 0.190. The van der Waals surface area contributed by atoms with Crippen molar-refractivity contribution in [1.29, 1.82) is 0 Å². The summed E-state index contributed by atoms with van der Waals surface area (Å²) in [5, 5.41) is 0.899. The second-order valence-electron chi connectivity index (χ2n) is 9.54. The van der Waals surface area contributed by atoms with E-state index in [0.29, 0.717) is 30.3 Å². The van der Waals surface area contributed by atoms with Crippen molar-refractivity contribution < 1.29 is 28.5 Å². The van der Waals surface area contributed by atoms with Gasteiger partial charge in [0.25, 0.3) is 5.79 Å². The number of aromatic nitrogens is 1. The van der Waals surface area contributed by atoms with Crippen molar-refractivity contribution in [2.24, 2.45) is 5.92 Å². The number of H-pyrrole nitrogens is 1. The number of fused-ring (bicyclic) bond motifs is 1. The molecule has 0 amide bonds. The summed E-state index contributed by atoms with van der Waals surface area (Å²) < 4.78 is 24.1. The summed E-state index contributed by atoms with van der Waals surface area (Å²) in [4.78, 5) is 29.7. The number of para-hydroxylation sites is 1. The number of cyclic esters (lactones) is 2. The number of carbonyl (C=O) groups is 2. The van der Waals surface area contributed by atoms with Gasteiger partial charge in [-0.1, -0.05) is 52.3 Å². The van der Waals surface area contributed by atoms with Gasteiger partial charge < -0.3 is 23.9 Å². The van der Waals surface area contributed by atoms with Gasteiger partial charge in [0.2, 0.25) is 0 Å². The minimum atomic E-state index is -1.32. The number of carbonyl (C=O) groups excluding carboxylic acids is 2. The average Bonchev–Trinajstić information content (AvgIpc) is 3.30. The van der Waals surface area contributed by atoms with E-state index in [1.165, 1.54) is 0 Å². The van der Waals surface area contributed by atoms with E-state index in [1.807, 2.05) is 79.9 Å². The van der Waals surface area contributed by atoms with Crippen LogP contribution in [0.3, 0.4) is 0 Å². The number of hydrogen-bond donors (Lipinski definition) is 1. The molecule has 0 spiro atoms. The first-order valence-electron chi connectivity index (χ1n) is 12.4. The molecule has 3 aromatic carbocycles. The first-order valence-corrected chi connectivity index (χ1v) is 13.2. The molecule has 0 bridgehead atoms. The fourth-order valence-electron chi connectivity index (χ4n) is 4.75. The average molecular weight is 578 g/mol. The standard InChI is InChI=1S/C30H28BrNO6/c1-4-35-25-15-19(11-14-24(25)36-17-18-9-12-20(31)13-10-18)26(22-16-32-23-8-6-5-7-21(22)23)27-28(33)37-30(2,3)38-29(27)34/h5-16,26-27,32H,4,17H2,1-3H3/t26-/m0/s1. The maximum absolute atomic E-state index is 13.2. The normalized spacial score (nSPS) is 16.1.